The summed E-state index contributed by atoms with van der Waals surface area (Å²) in [4.78, 5) is 2.60. The van der Waals surface area contributed by atoms with Crippen LogP contribution in [0.2, 0.25) is 0 Å². The van der Waals surface area contributed by atoms with Gasteiger partial charge in [0.05, 0.1) is 6.61 Å². The van der Waals surface area contributed by atoms with Gasteiger partial charge >= 0.3 is 0 Å². The maximum Gasteiger partial charge on any atom is 0.0619 e. The molecule has 1 N–H and O–H groups in total. The minimum absolute atomic E-state index is 0.228. The fourth-order valence-corrected chi connectivity index (χ4v) is 2.43. The van der Waals surface area contributed by atoms with Crippen molar-refractivity contribution in [3.8, 4) is 0 Å². The summed E-state index contributed by atoms with van der Waals surface area (Å²) in [5.41, 5.74) is 0.228. The van der Waals surface area contributed by atoms with Crippen molar-refractivity contribution in [1.82, 2.24) is 10.2 Å². The zero-order valence-corrected chi connectivity index (χ0v) is 11.5. The highest BCUT2D eigenvalue weighted by molar-refractivity contribution is 4.93. The van der Waals surface area contributed by atoms with Crippen LogP contribution in [0.5, 0.6) is 0 Å². The van der Waals surface area contributed by atoms with Crippen LogP contribution >= 0.6 is 0 Å². The van der Waals surface area contributed by atoms with E-state index >= 15 is 0 Å². The van der Waals surface area contributed by atoms with Crippen molar-refractivity contribution in [1.29, 1.82) is 0 Å². The molecular weight excluding hydrogens is 200 g/mol. The van der Waals surface area contributed by atoms with E-state index in [2.05, 4.69) is 44.8 Å². The fourth-order valence-electron chi connectivity index (χ4n) is 2.43. The third-order valence-corrected chi connectivity index (χ3v) is 3.46. The smallest absolute Gasteiger partial charge is 0.0619 e. The molecule has 2 unspecified atom stereocenters. The second-order valence-corrected chi connectivity index (χ2v) is 5.51. The van der Waals surface area contributed by atoms with Crippen molar-refractivity contribution in [3.05, 3.63) is 0 Å². The SMILES string of the molecule is CCOCC(C)N1CC(C)(C)NCC1CC. The van der Waals surface area contributed by atoms with Gasteiger partial charge in [-0.2, -0.15) is 0 Å². The Morgan fingerprint density at radius 3 is 2.69 bits per heavy atom. The van der Waals surface area contributed by atoms with E-state index in [0.717, 1.165) is 26.3 Å². The molecule has 2 atom stereocenters. The molecular formula is C13H28N2O. The first-order valence-electron chi connectivity index (χ1n) is 6.58. The Kier molecular flexibility index (Phi) is 5.22. The van der Waals surface area contributed by atoms with E-state index in [1.807, 2.05) is 0 Å². The van der Waals surface area contributed by atoms with Crippen LogP contribution in [0.25, 0.3) is 0 Å². The maximum absolute atomic E-state index is 5.55. The van der Waals surface area contributed by atoms with Gasteiger partial charge in [0.15, 0.2) is 0 Å². The molecule has 1 heterocycles. The van der Waals surface area contributed by atoms with Gasteiger partial charge in [0.25, 0.3) is 0 Å². The van der Waals surface area contributed by atoms with Gasteiger partial charge in [-0.25, -0.2) is 0 Å². The predicted molar refractivity (Wildman–Crippen MR) is 68.8 cm³/mol. The van der Waals surface area contributed by atoms with Gasteiger partial charge in [-0.3, -0.25) is 4.90 Å². The fraction of sp³-hybridized carbons (Fsp3) is 1.00. The summed E-state index contributed by atoms with van der Waals surface area (Å²) in [6, 6.07) is 1.18. The van der Waals surface area contributed by atoms with Crippen LogP contribution in [0, 0.1) is 0 Å². The molecule has 1 aliphatic rings. The van der Waals surface area contributed by atoms with Crippen LogP contribution in [0.15, 0.2) is 0 Å². The lowest BCUT2D eigenvalue weighted by Gasteiger charge is -2.47. The first-order valence-corrected chi connectivity index (χ1v) is 6.58. The average Bonchev–Trinajstić information content (AvgIpc) is 2.24. The van der Waals surface area contributed by atoms with E-state index in [1.165, 1.54) is 6.42 Å². The number of nitrogens with one attached hydrogen (secondary N) is 1. The Morgan fingerprint density at radius 2 is 2.12 bits per heavy atom. The minimum Gasteiger partial charge on any atom is -0.380 e. The topological polar surface area (TPSA) is 24.5 Å². The van der Waals surface area contributed by atoms with Gasteiger partial charge < -0.3 is 10.1 Å². The molecule has 0 aromatic heterocycles. The summed E-state index contributed by atoms with van der Waals surface area (Å²) >= 11 is 0. The van der Waals surface area contributed by atoms with E-state index in [0.29, 0.717) is 12.1 Å². The quantitative estimate of drug-likeness (QED) is 0.777. The summed E-state index contributed by atoms with van der Waals surface area (Å²) in [6.07, 6.45) is 1.21. The molecule has 0 spiro atoms. The normalized spacial score (nSPS) is 27.9. The predicted octanol–water partition coefficient (Wildman–Crippen LogP) is 1.87. The number of nitrogens with zero attached hydrogens (tertiary/aromatic N) is 1. The Balaban J connectivity index is 2.57. The Bertz CT molecular complexity index is 206. The van der Waals surface area contributed by atoms with E-state index in [-0.39, 0.29) is 5.54 Å². The largest absolute Gasteiger partial charge is 0.380 e. The van der Waals surface area contributed by atoms with Crippen molar-refractivity contribution in [2.24, 2.45) is 0 Å². The maximum atomic E-state index is 5.55. The molecule has 0 radical (unpaired) electrons. The van der Waals surface area contributed by atoms with Gasteiger partial charge in [-0.05, 0) is 34.1 Å². The van der Waals surface area contributed by atoms with Crippen LogP contribution in [0.4, 0.5) is 0 Å². The first kappa shape index (κ1) is 13.9. The Labute approximate surface area is 101 Å². The number of rotatable bonds is 5. The molecule has 0 aliphatic carbocycles. The third kappa shape index (κ3) is 3.72. The molecule has 1 fully saturated rings. The van der Waals surface area contributed by atoms with Gasteiger partial charge in [0.2, 0.25) is 0 Å². The Morgan fingerprint density at radius 1 is 1.44 bits per heavy atom. The minimum atomic E-state index is 0.228. The number of hydrogen-bond donors (Lipinski definition) is 1. The molecule has 1 aliphatic heterocycles. The van der Waals surface area contributed by atoms with Crippen LogP contribution in [0.3, 0.4) is 0 Å². The molecule has 1 rings (SSSR count). The van der Waals surface area contributed by atoms with Gasteiger partial charge in [0.1, 0.15) is 0 Å². The van der Waals surface area contributed by atoms with Crippen molar-refractivity contribution < 1.29 is 4.74 Å². The van der Waals surface area contributed by atoms with Gasteiger partial charge in [0, 0.05) is 37.3 Å². The Hall–Kier alpha value is -0.120. The van der Waals surface area contributed by atoms with Crippen molar-refractivity contribution >= 4 is 0 Å². The summed E-state index contributed by atoms with van der Waals surface area (Å²) in [5, 5.41) is 3.62. The average molecular weight is 228 g/mol. The molecule has 0 amide bonds. The lowest BCUT2D eigenvalue weighted by molar-refractivity contribution is 0.0123. The van der Waals surface area contributed by atoms with E-state index in [4.69, 9.17) is 4.74 Å². The highest BCUT2D eigenvalue weighted by atomic mass is 16.5. The first-order chi connectivity index (χ1) is 7.50. The lowest BCUT2D eigenvalue weighted by Crippen LogP contribution is -2.63. The molecule has 0 aromatic rings. The van der Waals surface area contributed by atoms with Crippen LogP contribution < -0.4 is 5.32 Å². The van der Waals surface area contributed by atoms with Crippen molar-refractivity contribution in [3.63, 3.8) is 0 Å². The molecule has 3 heteroatoms. The summed E-state index contributed by atoms with van der Waals surface area (Å²) in [7, 11) is 0. The zero-order chi connectivity index (χ0) is 12.2. The molecule has 0 bridgehead atoms. The molecule has 16 heavy (non-hydrogen) atoms. The molecule has 96 valence electrons. The highest BCUT2D eigenvalue weighted by Gasteiger charge is 2.33. The van der Waals surface area contributed by atoms with Gasteiger partial charge in [-0.1, -0.05) is 6.92 Å². The van der Waals surface area contributed by atoms with E-state index in [9.17, 15) is 0 Å². The number of hydrogen-bond acceptors (Lipinski definition) is 3. The highest BCUT2D eigenvalue weighted by Crippen LogP contribution is 2.19. The van der Waals surface area contributed by atoms with Crippen molar-refractivity contribution in [2.75, 3.05) is 26.3 Å². The summed E-state index contributed by atoms with van der Waals surface area (Å²) < 4.78 is 5.55. The monoisotopic (exact) mass is 228 g/mol. The molecule has 0 saturated carbocycles. The van der Waals surface area contributed by atoms with Gasteiger partial charge in [-0.15, -0.1) is 0 Å². The summed E-state index contributed by atoms with van der Waals surface area (Å²) in [5.74, 6) is 0. The summed E-state index contributed by atoms with van der Waals surface area (Å²) in [6.45, 7) is 15.0. The molecule has 1 saturated heterocycles. The zero-order valence-electron chi connectivity index (χ0n) is 11.5. The second kappa shape index (κ2) is 5.99. The number of piperazine rings is 1. The third-order valence-electron chi connectivity index (χ3n) is 3.46. The molecule has 0 aromatic carbocycles. The molecule has 3 nitrogen and oxygen atoms in total. The lowest BCUT2D eigenvalue weighted by atomic mass is 9.96. The van der Waals surface area contributed by atoms with Crippen molar-refractivity contribution in [2.45, 2.75) is 58.7 Å². The van der Waals surface area contributed by atoms with Crippen LogP contribution in [-0.2, 0) is 4.74 Å². The van der Waals surface area contributed by atoms with Crippen LogP contribution in [-0.4, -0.2) is 48.8 Å². The second-order valence-electron chi connectivity index (χ2n) is 5.51. The number of ether oxygens (including phenoxy) is 1. The van der Waals surface area contributed by atoms with E-state index < -0.39 is 0 Å². The standard InChI is InChI=1S/C13H28N2O/c1-6-12-8-14-13(4,5)10-15(12)11(3)9-16-7-2/h11-12,14H,6-10H2,1-5H3. The van der Waals surface area contributed by atoms with Crippen LogP contribution in [0.1, 0.15) is 41.0 Å². The van der Waals surface area contributed by atoms with E-state index in [1.54, 1.807) is 0 Å².